The highest BCUT2D eigenvalue weighted by molar-refractivity contribution is 5.93. The maximum atomic E-state index is 12.5. The van der Waals surface area contributed by atoms with E-state index in [1.807, 2.05) is 48.9 Å². The first-order valence-electron chi connectivity index (χ1n) is 12.0. The minimum absolute atomic E-state index is 0.0590. The minimum atomic E-state index is -0.452. The highest BCUT2D eigenvalue weighted by Gasteiger charge is 2.35. The molecule has 1 amide bonds. The van der Waals surface area contributed by atoms with Gasteiger partial charge in [-0.15, -0.1) is 0 Å². The number of hydrogen-bond donors (Lipinski definition) is 1. The highest BCUT2D eigenvalue weighted by atomic mass is 16.6. The molecule has 5 rings (SSSR count). The first kappa shape index (κ1) is 22.4. The molecule has 6 heteroatoms. The van der Waals surface area contributed by atoms with Crippen LogP contribution in [0.25, 0.3) is 11.1 Å². The van der Waals surface area contributed by atoms with Crippen molar-refractivity contribution in [3.63, 3.8) is 0 Å². The Hall–Kier alpha value is -3.38. The second-order valence-electron chi connectivity index (χ2n) is 9.27. The Morgan fingerprint density at radius 1 is 1.09 bits per heavy atom. The third-order valence-electron chi connectivity index (χ3n) is 7.22. The summed E-state index contributed by atoms with van der Waals surface area (Å²) in [6.07, 6.45) is 5.23. The number of imidazole rings is 1. The number of aromatic nitrogens is 2. The summed E-state index contributed by atoms with van der Waals surface area (Å²) >= 11 is 0. The van der Waals surface area contributed by atoms with E-state index in [2.05, 4.69) is 40.7 Å². The van der Waals surface area contributed by atoms with Crippen LogP contribution in [0.4, 0.5) is 4.79 Å². The average Bonchev–Trinajstić information content (AvgIpc) is 3.46. The van der Waals surface area contributed by atoms with E-state index in [1.54, 1.807) is 4.90 Å². The molecule has 176 valence electrons. The number of allylic oxidation sites excluding steroid dienone is 2. The van der Waals surface area contributed by atoms with Crippen LogP contribution in [-0.4, -0.2) is 44.8 Å². The zero-order chi connectivity index (χ0) is 23.5. The largest absolute Gasteiger partial charge is 0.445 e. The summed E-state index contributed by atoms with van der Waals surface area (Å²) in [6.45, 7) is 3.64. The van der Waals surface area contributed by atoms with Gasteiger partial charge in [0, 0.05) is 13.1 Å². The topological polar surface area (TPSA) is 67.6 Å². The van der Waals surface area contributed by atoms with Crippen molar-refractivity contribution in [3.8, 4) is 0 Å². The first-order valence-corrected chi connectivity index (χ1v) is 12.0. The predicted molar refractivity (Wildman–Crippen MR) is 132 cm³/mol. The smallest absolute Gasteiger partial charge is 0.410 e. The second-order valence-corrected chi connectivity index (χ2v) is 9.27. The highest BCUT2D eigenvalue weighted by Crippen LogP contribution is 2.45. The number of aliphatic hydroxyl groups is 1. The molecule has 0 spiro atoms. The molecule has 0 aliphatic carbocycles. The van der Waals surface area contributed by atoms with Crippen molar-refractivity contribution < 1.29 is 14.6 Å². The van der Waals surface area contributed by atoms with Gasteiger partial charge in [0.15, 0.2) is 0 Å². The Kier molecular flexibility index (Phi) is 6.50. The van der Waals surface area contributed by atoms with Crippen LogP contribution >= 0.6 is 0 Å². The number of rotatable bonds is 6. The Morgan fingerprint density at radius 2 is 1.76 bits per heavy atom. The molecule has 2 aromatic carbocycles. The van der Waals surface area contributed by atoms with E-state index in [0.29, 0.717) is 19.5 Å². The van der Waals surface area contributed by atoms with Crippen LogP contribution in [-0.2, 0) is 11.3 Å². The van der Waals surface area contributed by atoms with Crippen molar-refractivity contribution in [2.24, 2.45) is 5.92 Å². The monoisotopic (exact) mass is 457 g/mol. The first-order chi connectivity index (χ1) is 16.6. The van der Waals surface area contributed by atoms with E-state index in [-0.39, 0.29) is 24.7 Å². The van der Waals surface area contributed by atoms with Gasteiger partial charge in [0.05, 0.1) is 30.4 Å². The Bertz CT molecular complexity index is 1150. The van der Waals surface area contributed by atoms with Crippen molar-refractivity contribution in [2.45, 2.75) is 44.9 Å². The van der Waals surface area contributed by atoms with Gasteiger partial charge in [-0.2, -0.15) is 0 Å². The van der Waals surface area contributed by atoms with Crippen molar-refractivity contribution in [1.29, 1.82) is 0 Å². The van der Waals surface area contributed by atoms with Gasteiger partial charge in [0.1, 0.15) is 6.61 Å². The van der Waals surface area contributed by atoms with Crippen molar-refractivity contribution >= 4 is 17.2 Å². The number of hydrogen-bond acceptors (Lipinski definition) is 4. The van der Waals surface area contributed by atoms with Gasteiger partial charge in [-0.05, 0) is 54.4 Å². The lowest BCUT2D eigenvalue weighted by Crippen LogP contribution is -2.41. The number of carbonyl (C=O) groups is 1. The maximum Gasteiger partial charge on any atom is 0.410 e. The molecule has 1 saturated heterocycles. The van der Waals surface area contributed by atoms with Crippen LogP contribution in [0.2, 0.25) is 0 Å². The van der Waals surface area contributed by atoms with E-state index in [0.717, 1.165) is 24.1 Å². The summed E-state index contributed by atoms with van der Waals surface area (Å²) < 4.78 is 7.68. The summed E-state index contributed by atoms with van der Waals surface area (Å²) in [6, 6.07) is 20.2. The molecule has 1 fully saturated rings. The van der Waals surface area contributed by atoms with Crippen LogP contribution in [0.15, 0.2) is 73.2 Å². The Labute approximate surface area is 200 Å². The number of fused-ring (bicyclic) bond motifs is 1. The van der Waals surface area contributed by atoms with Gasteiger partial charge in [-0.25, -0.2) is 9.78 Å². The number of carbonyl (C=O) groups excluding carboxylic acids is 1. The van der Waals surface area contributed by atoms with E-state index < -0.39 is 6.10 Å². The number of likely N-dealkylation sites (tertiary alicyclic amines) is 1. The third-order valence-corrected chi connectivity index (χ3v) is 7.22. The van der Waals surface area contributed by atoms with E-state index in [9.17, 15) is 9.90 Å². The van der Waals surface area contributed by atoms with Crippen molar-refractivity contribution in [1.82, 2.24) is 14.5 Å². The zero-order valence-corrected chi connectivity index (χ0v) is 19.5. The molecule has 0 radical (unpaired) electrons. The molecule has 3 aromatic rings. The second kappa shape index (κ2) is 9.85. The Balaban J connectivity index is 1.20. The molecule has 2 aliphatic heterocycles. The molecule has 3 heterocycles. The number of nitrogens with zero attached hydrogens (tertiary/aromatic N) is 3. The normalized spacial score (nSPS) is 19.2. The number of piperidine rings is 1. The molecule has 1 aromatic heterocycles. The predicted octanol–water partition coefficient (Wildman–Crippen LogP) is 5.17. The van der Waals surface area contributed by atoms with Gasteiger partial charge >= 0.3 is 6.09 Å². The number of benzene rings is 2. The lowest BCUT2D eigenvalue weighted by molar-refractivity contribution is 0.0381. The van der Waals surface area contributed by atoms with Crippen LogP contribution in [0.3, 0.4) is 0 Å². The molecule has 0 bridgehead atoms. The van der Waals surface area contributed by atoms with Crippen LogP contribution < -0.4 is 0 Å². The summed E-state index contributed by atoms with van der Waals surface area (Å²) in [4.78, 5) is 18.6. The molecule has 0 saturated carbocycles. The van der Waals surface area contributed by atoms with Gasteiger partial charge in [-0.3, -0.25) is 0 Å². The van der Waals surface area contributed by atoms with Crippen LogP contribution in [0, 0.1) is 5.92 Å². The van der Waals surface area contributed by atoms with Gasteiger partial charge in [-0.1, -0.05) is 60.7 Å². The van der Waals surface area contributed by atoms with Crippen LogP contribution in [0.1, 0.15) is 49.0 Å². The molecular weight excluding hydrogens is 426 g/mol. The summed E-state index contributed by atoms with van der Waals surface area (Å²) in [5.41, 5.74) is 5.77. The molecule has 2 unspecified atom stereocenters. The number of ether oxygens (including phenoxy) is 1. The van der Waals surface area contributed by atoms with Gasteiger partial charge < -0.3 is 19.3 Å². The molecule has 6 nitrogen and oxygen atoms in total. The Morgan fingerprint density at radius 3 is 2.47 bits per heavy atom. The number of amides is 1. The SMILES string of the molecule is CC1=C(c2ccccc2)C(CC(O)C2CCN(C(=O)OCc3ccccc3)CC2)n2cncc21. The summed E-state index contributed by atoms with van der Waals surface area (Å²) in [5, 5.41) is 11.2. The fourth-order valence-corrected chi connectivity index (χ4v) is 5.33. The zero-order valence-electron chi connectivity index (χ0n) is 19.5. The van der Waals surface area contributed by atoms with E-state index >= 15 is 0 Å². The van der Waals surface area contributed by atoms with Crippen molar-refractivity contribution in [3.05, 3.63) is 90.0 Å². The fraction of sp³-hybridized carbons (Fsp3) is 0.357. The minimum Gasteiger partial charge on any atom is -0.445 e. The summed E-state index contributed by atoms with van der Waals surface area (Å²) in [5.74, 6) is 0.156. The quantitative estimate of drug-likeness (QED) is 0.555. The molecule has 2 aliphatic rings. The fourth-order valence-electron chi connectivity index (χ4n) is 5.33. The average molecular weight is 458 g/mol. The van der Waals surface area contributed by atoms with Gasteiger partial charge in [0.2, 0.25) is 0 Å². The van der Waals surface area contributed by atoms with E-state index in [4.69, 9.17) is 4.74 Å². The van der Waals surface area contributed by atoms with Crippen molar-refractivity contribution in [2.75, 3.05) is 13.1 Å². The maximum absolute atomic E-state index is 12.5. The molecular formula is C28H31N3O3. The standard InChI is InChI=1S/C28H31N3O3/c1-20-25-17-29-19-31(25)24(27(20)23-10-6-3-7-11-23)16-26(32)22-12-14-30(15-13-22)28(33)34-18-21-8-4-2-5-9-21/h2-11,17,19,22,24,26,32H,12-16,18H2,1H3. The van der Waals surface area contributed by atoms with E-state index in [1.165, 1.54) is 16.7 Å². The third kappa shape index (κ3) is 4.50. The summed E-state index contributed by atoms with van der Waals surface area (Å²) in [7, 11) is 0. The number of aliphatic hydroxyl groups excluding tert-OH is 1. The van der Waals surface area contributed by atoms with Crippen LogP contribution in [0.5, 0.6) is 0 Å². The molecule has 34 heavy (non-hydrogen) atoms. The molecule has 1 N–H and O–H groups in total. The lowest BCUT2D eigenvalue weighted by Gasteiger charge is -2.35. The molecule has 2 atom stereocenters. The lowest BCUT2D eigenvalue weighted by atomic mass is 9.85. The van der Waals surface area contributed by atoms with Gasteiger partial charge in [0.25, 0.3) is 0 Å².